The van der Waals surface area contributed by atoms with E-state index in [1.54, 1.807) is 13.2 Å². The monoisotopic (exact) mass is 334 g/mol. The van der Waals surface area contributed by atoms with Crippen LogP contribution in [0.5, 0.6) is 11.5 Å². The quantitative estimate of drug-likeness (QED) is 0.813. The molecule has 1 aliphatic rings. The van der Waals surface area contributed by atoms with Crippen LogP contribution in [0.3, 0.4) is 0 Å². The van der Waals surface area contributed by atoms with Gasteiger partial charge in [0.2, 0.25) is 0 Å². The van der Waals surface area contributed by atoms with E-state index in [4.69, 9.17) is 4.74 Å². The van der Waals surface area contributed by atoms with Crippen LogP contribution in [0.25, 0.3) is 0 Å². The molecule has 1 heterocycles. The van der Waals surface area contributed by atoms with Gasteiger partial charge in [0, 0.05) is 32.2 Å². The molecule has 6 heteroatoms. The number of phenolic OH excluding ortho intramolecular Hbond substituents is 1. The molecule has 0 aliphatic carbocycles. The summed E-state index contributed by atoms with van der Waals surface area (Å²) in [6.45, 7) is 7.91. The van der Waals surface area contributed by atoms with E-state index in [9.17, 15) is 5.11 Å². The predicted molar refractivity (Wildman–Crippen MR) is 91.2 cm³/mol. The summed E-state index contributed by atoms with van der Waals surface area (Å²) in [6, 6.07) is 5.92. The molecule has 120 valence electrons. The number of phenols is 1. The van der Waals surface area contributed by atoms with Crippen molar-refractivity contribution in [2.24, 2.45) is 0 Å². The number of methoxy groups -OCH3 is 1. The molecule has 0 amide bonds. The van der Waals surface area contributed by atoms with Crippen LogP contribution in [0, 0.1) is 0 Å². The first-order valence-electron chi connectivity index (χ1n) is 6.69. The summed E-state index contributed by atoms with van der Waals surface area (Å²) >= 11 is 0. The molecule has 0 spiro atoms. The fourth-order valence-electron chi connectivity index (χ4n) is 2.56. The van der Waals surface area contributed by atoms with Crippen molar-refractivity contribution < 1.29 is 9.84 Å². The fourth-order valence-corrected chi connectivity index (χ4v) is 2.56. The van der Waals surface area contributed by atoms with Crippen LogP contribution in [-0.2, 0) is 0 Å². The molecular weight excluding hydrogens is 311 g/mol. The zero-order chi connectivity index (χ0) is 13.7. The average molecular weight is 335 g/mol. The summed E-state index contributed by atoms with van der Waals surface area (Å²) in [5, 5.41) is 13.3. The van der Waals surface area contributed by atoms with Crippen molar-refractivity contribution >= 4 is 24.8 Å². The minimum atomic E-state index is 0. The highest BCUT2D eigenvalue weighted by Gasteiger charge is 2.21. The zero-order valence-electron chi connectivity index (χ0n) is 12.2. The molecule has 1 aromatic rings. The standard InChI is InChI=1S/C15H22N2O2.2ClH/c1-3-4-13(17-9-7-16-8-10-17)12-5-6-15(19-2)14(18)11-12;;/h3,5-6,11,13,16,18H,1,4,7-10H2,2H3;2*1H/t13-;;/m0../s1. The Labute approximate surface area is 139 Å². The number of aromatic hydroxyl groups is 1. The third-order valence-electron chi connectivity index (χ3n) is 3.57. The van der Waals surface area contributed by atoms with Crippen molar-refractivity contribution in [3.63, 3.8) is 0 Å². The summed E-state index contributed by atoms with van der Waals surface area (Å²) in [4.78, 5) is 2.43. The van der Waals surface area contributed by atoms with Crippen molar-refractivity contribution in [2.75, 3.05) is 33.3 Å². The maximum atomic E-state index is 9.93. The minimum Gasteiger partial charge on any atom is -0.504 e. The van der Waals surface area contributed by atoms with E-state index in [1.165, 1.54) is 0 Å². The lowest BCUT2D eigenvalue weighted by Crippen LogP contribution is -2.45. The molecule has 0 saturated carbocycles. The van der Waals surface area contributed by atoms with Crippen molar-refractivity contribution in [1.82, 2.24) is 10.2 Å². The maximum absolute atomic E-state index is 9.93. The van der Waals surface area contributed by atoms with Crippen LogP contribution >= 0.6 is 24.8 Å². The van der Waals surface area contributed by atoms with E-state index in [-0.39, 0.29) is 36.6 Å². The Balaban J connectivity index is 0.00000200. The number of nitrogens with zero attached hydrogens (tertiary/aromatic N) is 1. The van der Waals surface area contributed by atoms with E-state index in [0.29, 0.717) is 5.75 Å². The third-order valence-corrected chi connectivity index (χ3v) is 3.57. The van der Waals surface area contributed by atoms with Gasteiger partial charge in [-0.1, -0.05) is 12.1 Å². The lowest BCUT2D eigenvalue weighted by atomic mass is 10.0. The first-order chi connectivity index (χ1) is 9.26. The van der Waals surface area contributed by atoms with E-state index < -0.39 is 0 Å². The summed E-state index contributed by atoms with van der Waals surface area (Å²) in [5.74, 6) is 0.714. The second-order valence-corrected chi connectivity index (χ2v) is 4.76. The van der Waals surface area contributed by atoms with Gasteiger partial charge in [-0.25, -0.2) is 0 Å². The minimum absolute atomic E-state index is 0. The number of hydrogen-bond acceptors (Lipinski definition) is 4. The number of piperazine rings is 1. The number of rotatable bonds is 5. The Morgan fingerprint density at radius 1 is 1.38 bits per heavy atom. The van der Waals surface area contributed by atoms with E-state index in [0.717, 1.165) is 38.2 Å². The summed E-state index contributed by atoms with van der Waals surface area (Å²) in [7, 11) is 1.56. The van der Waals surface area contributed by atoms with Gasteiger partial charge in [-0.3, -0.25) is 4.90 Å². The third kappa shape index (κ3) is 5.08. The van der Waals surface area contributed by atoms with Gasteiger partial charge >= 0.3 is 0 Å². The van der Waals surface area contributed by atoms with Crippen LogP contribution in [0.4, 0.5) is 0 Å². The van der Waals surface area contributed by atoms with E-state index in [2.05, 4.69) is 16.8 Å². The summed E-state index contributed by atoms with van der Waals surface area (Å²) < 4.78 is 5.09. The molecule has 1 aliphatic heterocycles. The van der Waals surface area contributed by atoms with Gasteiger partial charge in [0.1, 0.15) is 0 Å². The topological polar surface area (TPSA) is 44.7 Å². The lowest BCUT2D eigenvalue weighted by Gasteiger charge is -2.35. The van der Waals surface area contributed by atoms with Gasteiger partial charge in [-0.2, -0.15) is 0 Å². The van der Waals surface area contributed by atoms with Gasteiger partial charge in [-0.15, -0.1) is 31.4 Å². The molecule has 0 aromatic heterocycles. The molecule has 0 unspecified atom stereocenters. The molecule has 1 aromatic carbocycles. The van der Waals surface area contributed by atoms with Crippen molar-refractivity contribution in [3.8, 4) is 11.5 Å². The van der Waals surface area contributed by atoms with Crippen molar-refractivity contribution in [1.29, 1.82) is 0 Å². The zero-order valence-corrected chi connectivity index (χ0v) is 13.9. The van der Waals surface area contributed by atoms with Crippen LogP contribution in [0.2, 0.25) is 0 Å². The van der Waals surface area contributed by atoms with Gasteiger partial charge in [-0.05, 0) is 24.1 Å². The van der Waals surface area contributed by atoms with E-state index in [1.807, 2.05) is 18.2 Å². The van der Waals surface area contributed by atoms with Crippen molar-refractivity contribution in [3.05, 3.63) is 36.4 Å². The largest absolute Gasteiger partial charge is 0.504 e. The number of ether oxygens (including phenoxy) is 1. The Hall–Kier alpha value is -0.940. The number of hydrogen-bond donors (Lipinski definition) is 2. The molecule has 21 heavy (non-hydrogen) atoms. The Morgan fingerprint density at radius 3 is 2.57 bits per heavy atom. The lowest BCUT2D eigenvalue weighted by molar-refractivity contribution is 0.174. The molecule has 4 nitrogen and oxygen atoms in total. The van der Waals surface area contributed by atoms with Crippen LogP contribution in [0.15, 0.2) is 30.9 Å². The van der Waals surface area contributed by atoms with Crippen molar-refractivity contribution in [2.45, 2.75) is 12.5 Å². The molecule has 2 rings (SSSR count). The van der Waals surface area contributed by atoms with Crippen LogP contribution in [-0.4, -0.2) is 43.3 Å². The van der Waals surface area contributed by atoms with Gasteiger partial charge in [0.05, 0.1) is 7.11 Å². The molecule has 1 atom stereocenters. The number of benzene rings is 1. The first-order valence-corrected chi connectivity index (χ1v) is 6.69. The molecular formula is C15H24Cl2N2O2. The molecule has 1 saturated heterocycles. The summed E-state index contributed by atoms with van der Waals surface area (Å²) in [6.07, 6.45) is 2.82. The number of nitrogens with one attached hydrogen (secondary N) is 1. The van der Waals surface area contributed by atoms with Gasteiger partial charge in [0.25, 0.3) is 0 Å². The second-order valence-electron chi connectivity index (χ2n) is 4.76. The normalized spacial score (nSPS) is 16.2. The fraction of sp³-hybridized carbons (Fsp3) is 0.467. The van der Waals surface area contributed by atoms with Crippen LogP contribution < -0.4 is 10.1 Å². The highest BCUT2D eigenvalue weighted by Crippen LogP contribution is 2.32. The van der Waals surface area contributed by atoms with Gasteiger partial charge < -0.3 is 15.2 Å². The SMILES string of the molecule is C=CC[C@@H](c1ccc(OC)c(O)c1)N1CCNCC1.Cl.Cl. The first kappa shape index (κ1) is 20.1. The molecule has 0 bridgehead atoms. The molecule has 0 radical (unpaired) electrons. The Bertz CT molecular complexity index is 438. The highest BCUT2D eigenvalue weighted by atomic mass is 35.5. The Kier molecular flexibility index (Phi) is 9.46. The molecule has 2 N–H and O–H groups in total. The summed E-state index contributed by atoms with van der Waals surface area (Å²) in [5.41, 5.74) is 1.11. The van der Waals surface area contributed by atoms with Gasteiger partial charge in [0.15, 0.2) is 11.5 Å². The highest BCUT2D eigenvalue weighted by molar-refractivity contribution is 5.85. The van der Waals surface area contributed by atoms with E-state index >= 15 is 0 Å². The maximum Gasteiger partial charge on any atom is 0.160 e. The second kappa shape index (κ2) is 9.90. The predicted octanol–water partition coefficient (Wildman–Crippen LogP) is 2.77. The van der Waals surface area contributed by atoms with Crippen LogP contribution in [0.1, 0.15) is 18.0 Å². The Morgan fingerprint density at radius 2 is 2.05 bits per heavy atom. The number of halogens is 2. The smallest absolute Gasteiger partial charge is 0.160 e. The molecule has 1 fully saturated rings. The average Bonchev–Trinajstić information content (AvgIpc) is 2.45.